The number of fused-ring (bicyclic) bond motifs is 1. The van der Waals surface area contributed by atoms with Gasteiger partial charge in [-0.25, -0.2) is 0 Å². The molecule has 4 heteroatoms. The quantitative estimate of drug-likeness (QED) is 0.808. The van der Waals surface area contributed by atoms with Crippen LogP contribution in [0.25, 0.3) is 11.0 Å². The van der Waals surface area contributed by atoms with E-state index >= 15 is 0 Å². The number of para-hydroxylation sites is 1. The van der Waals surface area contributed by atoms with Gasteiger partial charge in [0.2, 0.25) is 5.91 Å². The van der Waals surface area contributed by atoms with Crippen molar-refractivity contribution in [1.82, 2.24) is 4.90 Å². The van der Waals surface area contributed by atoms with Gasteiger partial charge in [-0.2, -0.15) is 0 Å². The summed E-state index contributed by atoms with van der Waals surface area (Å²) in [6, 6.07) is 19.0. The summed E-state index contributed by atoms with van der Waals surface area (Å²) in [6.07, 6.45) is -0.610. The molecule has 0 bridgehead atoms. The average Bonchev–Trinajstić information content (AvgIpc) is 3.09. The summed E-state index contributed by atoms with van der Waals surface area (Å²) in [6.45, 7) is 0.471. The normalized spacial score (nSPS) is 21.3. The van der Waals surface area contributed by atoms with E-state index in [0.717, 1.165) is 16.5 Å². The number of furan rings is 1. The van der Waals surface area contributed by atoms with Crippen LogP contribution in [-0.4, -0.2) is 22.0 Å². The molecule has 0 radical (unpaired) electrons. The fraction of sp³-hybridized carbons (Fsp3) is 0.211. The molecule has 1 amide bonds. The van der Waals surface area contributed by atoms with Crippen molar-refractivity contribution in [1.29, 1.82) is 0 Å². The number of likely N-dealkylation sites (tertiary alicyclic amines) is 1. The van der Waals surface area contributed by atoms with Crippen LogP contribution >= 0.6 is 0 Å². The van der Waals surface area contributed by atoms with Crippen molar-refractivity contribution in [2.45, 2.75) is 25.1 Å². The predicted octanol–water partition coefficient (Wildman–Crippen LogP) is 3.27. The van der Waals surface area contributed by atoms with E-state index in [1.54, 1.807) is 4.90 Å². The van der Waals surface area contributed by atoms with Gasteiger partial charge in [0.1, 0.15) is 17.4 Å². The van der Waals surface area contributed by atoms with Crippen LogP contribution in [0.5, 0.6) is 0 Å². The molecule has 0 unspecified atom stereocenters. The smallest absolute Gasteiger partial charge is 0.226 e. The molecule has 1 saturated heterocycles. The molecule has 3 aromatic rings. The van der Waals surface area contributed by atoms with Gasteiger partial charge in [-0.1, -0.05) is 48.5 Å². The highest BCUT2D eigenvalue weighted by Crippen LogP contribution is 2.37. The number of amides is 1. The third kappa shape index (κ3) is 2.51. The van der Waals surface area contributed by atoms with Crippen molar-refractivity contribution in [3.63, 3.8) is 0 Å². The van der Waals surface area contributed by atoms with Gasteiger partial charge in [0.25, 0.3) is 0 Å². The van der Waals surface area contributed by atoms with Crippen LogP contribution in [0.2, 0.25) is 0 Å². The molecule has 4 nitrogen and oxygen atoms in total. The molecule has 2 atom stereocenters. The zero-order valence-corrected chi connectivity index (χ0v) is 12.6. The lowest BCUT2D eigenvalue weighted by Gasteiger charge is -2.24. The van der Waals surface area contributed by atoms with Crippen molar-refractivity contribution >= 4 is 16.9 Å². The molecule has 1 aliphatic rings. The summed E-state index contributed by atoms with van der Waals surface area (Å²) >= 11 is 0. The van der Waals surface area contributed by atoms with Gasteiger partial charge in [0.15, 0.2) is 0 Å². The van der Waals surface area contributed by atoms with Gasteiger partial charge in [-0.3, -0.25) is 4.79 Å². The molecule has 0 saturated carbocycles. The van der Waals surface area contributed by atoms with Crippen molar-refractivity contribution in [2.75, 3.05) is 0 Å². The van der Waals surface area contributed by atoms with Crippen molar-refractivity contribution in [3.8, 4) is 0 Å². The largest absolute Gasteiger partial charge is 0.459 e. The van der Waals surface area contributed by atoms with Crippen LogP contribution in [0.4, 0.5) is 0 Å². The first-order chi connectivity index (χ1) is 11.2. The minimum absolute atomic E-state index is 0.0493. The van der Waals surface area contributed by atoms with E-state index in [2.05, 4.69) is 0 Å². The summed E-state index contributed by atoms with van der Waals surface area (Å²) in [5.74, 6) is 0.590. The first kappa shape index (κ1) is 14.0. The Morgan fingerprint density at radius 2 is 1.83 bits per heavy atom. The Balaban J connectivity index is 1.70. The Morgan fingerprint density at radius 3 is 2.61 bits per heavy atom. The fourth-order valence-electron chi connectivity index (χ4n) is 3.23. The van der Waals surface area contributed by atoms with E-state index in [0.29, 0.717) is 12.3 Å². The molecule has 23 heavy (non-hydrogen) atoms. The summed E-state index contributed by atoms with van der Waals surface area (Å²) in [7, 11) is 0. The SMILES string of the molecule is O=C1C[C@H](O)[C@H](c2cc3ccccc3o2)N1Cc1ccccc1. The molecule has 2 aromatic carbocycles. The van der Waals surface area contributed by atoms with Crippen LogP contribution in [-0.2, 0) is 11.3 Å². The second kappa shape index (κ2) is 5.56. The Morgan fingerprint density at radius 1 is 1.09 bits per heavy atom. The van der Waals surface area contributed by atoms with E-state index in [4.69, 9.17) is 4.42 Å². The minimum atomic E-state index is -0.744. The highest BCUT2D eigenvalue weighted by Gasteiger charge is 2.41. The van der Waals surface area contributed by atoms with E-state index in [1.807, 2.05) is 60.7 Å². The van der Waals surface area contributed by atoms with Gasteiger partial charge in [0, 0.05) is 11.9 Å². The maximum Gasteiger partial charge on any atom is 0.226 e. The molecule has 2 heterocycles. The maximum atomic E-state index is 12.3. The topological polar surface area (TPSA) is 53.7 Å². The highest BCUT2D eigenvalue weighted by atomic mass is 16.3. The summed E-state index contributed by atoms with van der Waals surface area (Å²) in [5.41, 5.74) is 1.81. The van der Waals surface area contributed by atoms with Crippen molar-refractivity contribution < 1.29 is 14.3 Å². The maximum absolute atomic E-state index is 12.3. The molecule has 1 N–H and O–H groups in total. The molecule has 0 spiro atoms. The van der Waals surface area contributed by atoms with Crippen LogP contribution in [0.15, 0.2) is 65.1 Å². The molecule has 1 aromatic heterocycles. The summed E-state index contributed by atoms with van der Waals surface area (Å²) in [5, 5.41) is 11.3. The number of hydrogen-bond acceptors (Lipinski definition) is 3. The third-order valence-electron chi connectivity index (χ3n) is 4.34. The van der Waals surface area contributed by atoms with E-state index in [-0.39, 0.29) is 12.3 Å². The highest BCUT2D eigenvalue weighted by molar-refractivity contribution is 5.81. The Kier molecular flexibility index (Phi) is 3.39. The van der Waals surface area contributed by atoms with Gasteiger partial charge in [-0.05, 0) is 17.7 Å². The number of aliphatic hydroxyl groups excluding tert-OH is 1. The molecule has 4 rings (SSSR count). The molecule has 1 aliphatic heterocycles. The molecule has 0 aliphatic carbocycles. The molecular weight excluding hydrogens is 290 g/mol. The predicted molar refractivity (Wildman–Crippen MR) is 86.6 cm³/mol. The van der Waals surface area contributed by atoms with Crippen LogP contribution in [0, 0.1) is 0 Å². The third-order valence-corrected chi connectivity index (χ3v) is 4.34. The number of hydrogen-bond donors (Lipinski definition) is 1. The van der Waals surface area contributed by atoms with Gasteiger partial charge in [-0.15, -0.1) is 0 Å². The Hall–Kier alpha value is -2.59. The first-order valence-electron chi connectivity index (χ1n) is 7.72. The second-order valence-electron chi connectivity index (χ2n) is 5.91. The zero-order valence-electron chi connectivity index (χ0n) is 12.6. The van der Waals surface area contributed by atoms with Crippen LogP contribution < -0.4 is 0 Å². The minimum Gasteiger partial charge on any atom is -0.459 e. The van der Waals surface area contributed by atoms with Gasteiger partial charge >= 0.3 is 0 Å². The number of carbonyl (C=O) groups is 1. The fourth-order valence-corrected chi connectivity index (χ4v) is 3.23. The first-order valence-corrected chi connectivity index (χ1v) is 7.72. The Labute approximate surface area is 133 Å². The lowest BCUT2D eigenvalue weighted by molar-refractivity contribution is -0.129. The lowest BCUT2D eigenvalue weighted by Crippen LogP contribution is -2.29. The monoisotopic (exact) mass is 307 g/mol. The summed E-state index contributed by atoms with van der Waals surface area (Å²) in [4.78, 5) is 14.0. The number of carbonyl (C=O) groups excluding carboxylic acids is 1. The van der Waals surface area contributed by atoms with E-state index < -0.39 is 12.1 Å². The summed E-state index contributed by atoms with van der Waals surface area (Å²) < 4.78 is 5.88. The lowest BCUT2D eigenvalue weighted by atomic mass is 10.1. The number of nitrogens with zero attached hydrogens (tertiary/aromatic N) is 1. The zero-order chi connectivity index (χ0) is 15.8. The average molecular weight is 307 g/mol. The van der Waals surface area contributed by atoms with E-state index in [1.165, 1.54) is 0 Å². The Bertz CT molecular complexity index is 807. The molecular formula is C19H17NO3. The van der Waals surface area contributed by atoms with E-state index in [9.17, 15) is 9.90 Å². The van der Waals surface area contributed by atoms with Crippen LogP contribution in [0.1, 0.15) is 23.8 Å². The van der Waals surface area contributed by atoms with Gasteiger partial charge in [0.05, 0.1) is 12.5 Å². The standard InChI is InChI=1S/C19H17NO3/c21-15-11-18(22)20(12-13-6-2-1-3-7-13)19(15)17-10-14-8-4-5-9-16(14)23-17/h1-10,15,19,21H,11-12H2/t15-,19+/m0/s1. The van der Waals surface area contributed by atoms with Crippen LogP contribution in [0.3, 0.4) is 0 Å². The van der Waals surface area contributed by atoms with Gasteiger partial charge < -0.3 is 14.4 Å². The molecule has 1 fully saturated rings. The van der Waals surface area contributed by atoms with Crippen molar-refractivity contribution in [3.05, 3.63) is 72.0 Å². The van der Waals surface area contributed by atoms with Crippen molar-refractivity contribution in [2.24, 2.45) is 0 Å². The second-order valence-corrected chi connectivity index (χ2v) is 5.91. The number of rotatable bonds is 3. The molecule has 116 valence electrons. The number of benzene rings is 2. The number of aliphatic hydroxyl groups is 1.